The zero-order chi connectivity index (χ0) is 16.3. The predicted molar refractivity (Wildman–Crippen MR) is 92.8 cm³/mol. The van der Waals surface area contributed by atoms with Crippen LogP contribution in [-0.2, 0) is 16.1 Å². The van der Waals surface area contributed by atoms with Gasteiger partial charge in [0.25, 0.3) is 0 Å². The van der Waals surface area contributed by atoms with Gasteiger partial charge in [-0.2, -0.15) is 0 Å². The minimum atomic E-state index is -0.586. The first-order valence-electron chi connectivity index (χ1n) is 8.60. The molecule has 0 unspecified atom stereocenters. The van der Waals surface area contributed by atoms with Crippen LogP contribution in [0.2, 0.25) is 0 Å². The van der Waals surface area contributed by atoms with Gasteiger partial charge >= 0.3 is 5.97 Å². The maximum absolute atomic E-state index is 11.9. The first-order valence-corrected chi connectivity index (χ1v) is 8.60. The molecule has 0 amide bonds. The normalized spacial score (nSPS) is 20.1. The number of hydrogen-bond donors (Lipinski definition) is 2. The first-order chi connectivity index (χ1) is 11.3. The Morgan fingerprint density at radius 2 is 2.09 bits per heavy atom. The lowest BCUT2D eigenvalue weighted by atomic mass is 10.1. The van der Waals surface area contributed by atoms with Gasteiger partial charge in [0.1, 0.15) is 12.6 Å². The summed E-state index contributed by atoms with van der Waals surface area (Å²) in [5, 5.41) is 3.56. The molecule has 0 radical (unpaired) electrons. The third-order valence-corrected chi connectivity index (χ3v) is 4.17. The van der Waals surface area contributed by atoms with Gasteiger partial charge in [0.2, 0.25) is 0 Å². The fourth-order valence-corrected chi connectivity index (χ4v) is 2.74. The second-order valence-electron chi connectivity index (χ2n) is 6.14. The molecule has 4 nitrogen and oxygen atoms in total. The topological polar surface area (TPSA) is 64.3 Å². The van der Waals surface area contributed by atoms with Crippen molar-refractivity contribution in [3.63, 3.8) is 0 Å². The van der Waals surface area contributed by atoms with Gasteiger partial charge in [-0.15, -0.1) is 0 Å². The Morgan fingerprint density at radius 1 is 1.26 bits per heavy atom. The molecule has 0 saturated carbocycles. The molecule has 1 heterocycles. The number of esters is 1. The third-order valence-electron chi connectivity index (χ3n) is 4.17. The van der Waals surface area contributed by atoms with Crippen LogP contribution in [0.4, 0.5) is 0 Å². The van der Waals surface area contributed by atoms with E-state index in [1.165, 1.54) is 25.7 Å². The van der Waals surface area contributed by atoms with E-state index in [9.17, 15) is 4.79 Å². The number of nitrogens with two attached hydrogens (primary N) is 1. The molecule has 1 aliphatic heterocycles. The summed E-state index contributed by atoms with van der Waals surface area (Å²) in [4.78, 5) is 11.9. The van der Waals surface area contributed by atoms with Crippen molar-refractivity contribution in [2.75, 3.05) is 6.54 Å². The van der Waals surface area contributed by atoms with Crippen LogP contribution in [0.5, 0.6) is 0 Å². The van der Waals surface area contributed by atoms with Gasteiger partial charge in [0, 0.05) is 6.04 Å². The summed E-state index contributed by atoms with van der Waals surface area (Å²) in [6.07, 6.45) is 10.8. The maximum atomic E-state index is 11.9. The molecule has 3 N–H and O–H groups in total. The molecule has 0 aliphatic carbocycles. The summed E-state index contributed by atoms with van der Waals surface area (Å²) in [7, 11) is 0. The second-order valence-corrected chi connectivity index (χ2v) is 6.14. The highest BCUT2D eigenvalue weighted by atomic mass is 16.5. The van der Waals surface area contributed by atoms with E-state index in [4.69, 9.17) is 10.5 Å². The summed E-state index contributed by atoms with van der Waals surface area (Å²) in [6.45, 7) is 1.40. The summed E-state index contributed by atoms with van der Waals surface area (Å²) < 4.78 is 5.24. The Kier molecular flexibility index (Phi) is 7.84. The van der Waals surface area contributed by atoms with Crippen molar-refractivity contribution in [3.8, 4) is 0 Å². The van der Waals surface area contributed by atoms with E-state index in [0.29, 0.717) is 12.5 Å². The van der Waals surface area contributed by atoms with Crippen LogP contribution >= 0.6 is 0 Å². The summed E-state index contributed by atoms with van der Waals surface area (Å²) in [5.41, 5.74) is 6.86. The molecular weight excluding hydrogens is 288 g/mol. The van der Waals surface area contributed by atoms with Crippen molar-refractivity contribution in [1.82, 2.24) is 5.32 Å². The molecule has 126 valence electrons. The number of rotatable bonds is 7. The fourth-order valence-electron chi connectivity index (χ4n) is 2.74. The van der Waals surface area contributed by atoms with Crippen LogP contribution in [0.15, 0.2) is 42.5 Å². The largest absolute Gasteiger partial charge is 0.460 e. The van der Waals surface area contributed by atoms with E-state index in [2.05, 4.69) is 11.4 Å². The summed E-state index contributed by atoms with van der Waals surface area (Å²) in [6, 6.07) is 9.62. The number of carbonyl (C=O) groups excluding carboxylic acids is 1. The molecule has 0 bridgehead atoms. The average Bonchev–Trinajstić information content (AvgIpc) is 2.86. The SMILES string of the molecule is N[C@@H](C/C=C\C[C@H]1CCCCCN1)C(=O)OCc1ccccc1. The van der Waals surface area contributed by atoms with Crippen LogP contribution in [0, 0.1) is 0 Å². The Bertz CT molecular complexity index is 479. The molecule has 2 rings (SSSR count). The minimum Gasteiger partial charge on any atom is -0.460 e. The van der Waals surface area contributed by atoms with Crippen molar-refractivity contribution in [2.45, 2.75) is 57.2 Å². The molecule has 0 aromatic heterocycles. The molecule has 4 heteroatoms. The average molecular weight is 316 g/mol. The smallest absolute Gasteiger partial charge is 0.323 e. The maximum Gasteiger partial charge on any atom is 0.323 e. The van der Waals surface area contributed by atoms with Crippen molar-refractivity contribution in [1.29, 1.82) is 0 Å². The third kappa shape index (κ3) is 6.97. The number of nitrogens with one attached hydrogen (secondary N) is 1. The highest BCUT2D eigenvalue weighted by molar-refractivity contribution is 5.75. The zero-order valence-corrected chi connectivity index (χ0v) is 13.7. The van der Waals surface area contributed by atoms with Gasteiger partial charge in [-0.05, 0) is 37.8 Å². The molecule has 23 heavy (non-hydrogen) atoms. The van der Waals surface area contributed by atoms with Crippen LogP contribution in [0.1, 0.15) is 44.1 Å². The molecule has 0 spiro atoms. The predicted octanol–water partition coefficient (Wildman–Crippen LogP) is 2.93. The van der Waals surface area contributed by atoms with Crippen LogP contribution in [0.25, 0.3) is 0 Å². The summed E-state index contributed by atoms with van der Waals surface area (Å²) >= 11 is 0. The highest BCUT2D eigenvalue weighted by Crippen LogP contribution is 2.11. The second kappa shape index (κ2) is 10.2. The van der Waals surface area contributed by atoms with Crippen LogP contribution in [-0.4, -0.2) is 24.6 Å². The molecule has 2 atom stereocenters. The zero-order valence-electron chi connectivity index (χ0n) is 13.7. The lowest BCUT2D eigenvalue weighted by Crippen LogP contribution is -2.31. The summed E-state index contributed by atoms with van der Waals surface area (Å²) in [5.74, 6) is -0.342. The lowest BCUT2D eigenvalue weighted by molar-refractivity contribution is -0.146. The van der Waals surface area contributed by atoms with Gasteiger partial charge in [-0.25, -0.2) is 0 Å². The Balaban J connectivity index is 1.63. The fraction of sp³-hybridized carbons (Fsp3) is 0.526. The van der Waals surface area contributed by atoms with E-state index in [-0.39, 0.29) is 12.6 Å². The number of carbonyl (C=O) groups is 1. The molecule has 1 aromatic carbocycles. The van der Waals surface area contributed by atoms with Crippen molar-refractivity contribution in [2.24, 2.45) is 5.73 Å². The first kappa shape index (κ1) is 17.7. The van der Waals surface area contributed by atoms with Crippen molar-refractivity contribution < 1.29 is 9.53 Å². The van der Waals surface area contributed by atoms with E-state index < -0.39 is 6.04 Å². The van der Waals surface area contributed by atoms with Gasteiger partial charge < -0.3 is 15.8 Å². The van der Waals surface area contributed by atoms with Gasteiger partial charge in [-0.3, -0.25) is 4.79 Å². The Hall–Kier alpha value is -1.65. The number of hydrogen-bond acceptors (Lipinski definition) is 4. The van der Waals surface area contributed by atoms with E-state index >= 15 is 0 Å². The van der Waals surface area contributed by atoms with E-state index in [1.54, 1.807) is 0 Å². The molecule has 1 aliphatic rings. The molecule has 1 saturated heterocycles. The Labute approximate surface area is 139 Å². The number of benzene rings is 1. The minimum absolute atomic E-state index is 0.281. The van der Waals surface area contributed by atoms with Gasteiger partial charge in [-0.1, -0.05) is 55.3 Å². The van der Waals surface area contributed by atoms with Crippen molar-refractivity contribution in [3.05, 3.63) is 48.0 Å². The van der Waals surface area contributed by atoms with Crippen LogP contribution in [0.3, 0.4) is 0 Å². The highest BCUT2D eigenvalue weighted by Gasteiger charge is 2.14. The van der Waals surface area contributed by atoms with Crippen LogP contribution < -0.4 is 11.1 Å². The van der Waals surface area contributed by atoms with E-state index in [0.717, 1.165) is 18.5 Å². The van der Waals surface area contributed by atoms with Crippen molar-refractivity contribution >= 4 is 5.97 Å². The molecular formula is C19H28N2O2. The van der Waals surface area contributed by atoms with Gasteiger partial charge in [0.15, 0.2) is 0 Å². The lowest BCUT2D eigenvalue weighted by Gasteiger charge is -2.13. The quantitative estimate of drug-likeness (QED) is 0.600. The molecule has 1 aromatic rings. The standard InChI is InChI=1S/C19H28N2O2/c20-18(19(22)23-15-16-9-3-1-4-10-16)13-7-6-12-17-11-5-2-8-14-21-17/h1,3-4,6-7,9-10,17-18,21H,2,5,8,11-15,20H2/b7-6-/t17-,18+/m1/s1. The van der Waals surface area contributed by atoms with Gasteiger partial charge in [0.05, 0.1) is 0 Å². The monoisotopic (exact) mass is 316 g/mol. The van der Waals surface area contributed by atoms with E-state index in [1.807, 2.05) is 36.4 Å². The number of ether oxygens (including phenoxy) is 1. The molecule has 1 fully saturated rings. The Morgan fingerprint density at radius 3 is 2.91 bits per heavy atom.